The van der Waals surface area contributed by atoms with E-state index in [1.165, 1.54) is 62.5 Å². The van der Waals surface area contributed by atoms with Gasteiger partial charge in [0.1, 0.15) is 0 Å². The Labute approximate surface area is 174 Å². The number of allylic oxidation sites excluding steroid dienone is 4. The zero-order valence-electron chi connectivity index (χ0n) is 19.0. The van der Waals surface area contributed by atoms with E-state index in [0.717, 1.165) is 42.9 Å². The molecule has 1 heteroatoms. The molecule has 0 unspecified atom stereocenters. The SMILES string of the molecule is CC(C)CCC[C@@H](C)[C@H]1CC[C@H]2/C(=C\C=C3\C[C@@H](O)CCC3=[13CH2])[13CH2]CC[C@]12C. The van der Waals surface area contributed by atoms with Gasteiger partial charge in [-0.15, -0.1) is 0 Å². The van der Waals surface area contributed by atoms with Crippen molar-refractivity contribution >= 4 is 0 Å². The summed E-state index contributed by atoms with van der Waals surface area (Å²) in [6, 6.07) is 0. The van der Waals surface area contributed by atoms with Crippen LogP contribution in [0.2, 0.25) is 0 Å². The van der Waals surface area contributed by atoms with Crippen molar-refractivity contribution in [3.63, 3.8) is 0 Å². The van der Waals surface area contributed by atoms with Gasteiger partial charge in [0.05, 0.1) is 6.10 Å². The van der Waals surface area contributed by atoms with Gasteiger partial charge >= 0.3 is 0 Å². The van der Waals surface area contributed by atoms with Gasteiger partial charge in [0.2, 0.25) is 0 Å². The van der Waals surface area contributed by atoms with Crippen LogP contribution in [0.1, 0.15) is 98.3 Å². The first-order valence-corrected chi connectivity index (χ1v) is 12.1. The lowest BCUT2D eigenvalue weighted by molar-refractivity contribution is 0.0929. The van der Waals surface area contributed by atoms with Crippen LogP contribution in [0.3, 0.4) is 0 Å². The molecule has 3 aliphatic rings. The fourth-order valence-corrected chi connectivity index (χ4v) is 6.66. The van der Waals surface area contributed by atoms with Gasteiger partial charge in [0, 0.05) is 0 Å². The fraction of sp³-hybridized carbons (Fsp3) is 0.778. The molecule has 3 aliphatic carbocycles. The van der Waals surface area contributed by atoms with E-state index in [1.807, 2.05) is 0 Å². The molecule has 0 aromatic carbocycles. The van der Waals surface area contributed by atoms with Crippen molar-refractivity contribution in [3.8, 4) is 0 Å². The third-order valence-corrected chi connectivity index (χ3v) is 8.35. The first kappa shape index (κ1) is 21.9. The Morgan fingerprint density at radius 3 is 2.64 bits per heavy atom. The van der Waals surface area contributed by atoms with Crippen LogP contribution in [0, 0.1) is 29.1 Å². The maximum atomic E-state index is 10.0. The van der Waals surface area contributed by atoms with E-state index in [0.29, 0.717) is 5.41 Å². The van der Waals surface area contributed by atoms with Gasteiger partial charge in [-0.05, 0) is 86.0 Å². The monoisotopic (exact) mass is 386 g/mol. The predicted molar refractivity (Wildman–Crippen MR) is 121 cm³/mol. The van der Waals surface area contributed by atoms with E-state index in [1.54, 1.807) is 5.57 Å². The lowest BCUT2D eigenvalue weighted by atomic mass is 9.63. The summed E-state index contributed by atoms with van der Waals surface area (Å²) < 4.78 is 0. The van der Waals surface area contributed by atoms with E-state index in [9.17, 15) is 5.11 Å². The Bertz CT molecular complexity index is 610. The average Bonchev–Trinajstić information content (AvgIpc) is 2.99. The Kier molecular flexibility index (Phi) is 7.29. The average molecular weight is 387 g/mol. The third kappa shape index (κ3) is 4.84. The standard InChI is InChI=1S/C27H44O/c1-19(2)8-6-9-21(4)25-15-16-26-22(10-7-17-27(25,26)5)12-13-23-18-24(28)14-11-20(23)3/h12-13,19,21,24-26,28H,3,6-11,14-18H2,1-2,4-5H3/b22-12-,23-13-/t21-,24+,25-,26+,27-/m1/s1/i3+1,10+1. The normalized spacial score (nSPS) is 37.6. The van der Waals surface area contributed by atoms with Crippen LogP contribution >= 0.6 is 0 Å². The second kappa shape index (κ2) is 9.33. The van der Waals surface area contributed by atoms with E-state index in [2.05, 4.69) is 46.4 Å². The topological polar surface area (TPSA) is 20.2 Å². The van der Waals surface area contributed by atoms with Crippen molar-refractivity contribution in [2.24, 2.45) is 29.1 Å². The zero-order valence-corrected chi connectivity index (χ0v) is 19.0. The maximum absolute atomic E-state index is 10.0. The summed E-state index contributed by atoms with van der Waals surface area (Å²) >= 11 is 0. The minimum atomic E-state index is -0.172. The largest absolute Gasteiger partial charge is 0.393 e. The van der Waals surface area contributed by atoms with Crippen LogP contribution < -0.4 is 0 Å². The van der Waals surface area contributed by atoms with Crippen molar-refractivity contribution in [1.82, 2.24) is 0 Å². The molecule has 5 atom stereocenters. The van der Waals surface area contributed by atoms with Crippen LogP contribution in [0.4, 0.5) is 0 Å². The molecule has 3 fully saturated rings. The number of aliphatic hydroxyl groups is 1. The summed E-state index contributed by atoms with van der Waals surface area (Å²) in [6.07, 6.45) is 18.2. The summed E-state index contributed by atoms with van der Waals surface area (Å²) in [6.45, 7) is 14.1. The molecule has 0 aromatic heterocycles. The summed E-state index contributed by atoms with van der Waals surface area (Å²) in [7, 11) is 0. The highest BCUT2D eigenvalue weighted by atomic mass is 16.3. The summed E-state index contributed by atoms with van der Waals surface area (Å²) in [4.78, 5) is 0. The molecule has 158 valence electrons. The van der Waals surface area contributed by atoms with Crippen molar-refractivity contribution in [1.29, 1.82) is 0 Å². The summed E-state index contributed by atoms with van der Waals surface area (Å²) in [5, 5.41) is 10.0. The van der Waals surface area contributed by atoms with E-state index in [4.69, 9.17) is 0 Å². The number of hydrogen-bond donors (Lipinski definition) is 1. The van der Waals surface area contributed by atoms with Gasteiger partial charge in [-0.25, -0.2) is 0 Å². The Morgan fingerprint density at radius 1 is 1.11 bits per heavy atom. The summed E-state index contributed by atoms with van der Waals surface area (Å²) in [5.41, 5.74) is 4.72. The molecule has 3 saturated carbocycles. The van der Waals surface area contributed by atoms with E-state index < -0.39 is 0 Å². The van der Waals surface area contributed by atoms with Crippen molar-refractivity contribution in [3.05, 3.63) is 35.5 Å². The van der Waals surface area contributed by atoms with Crippen molar-refractivity contribution < 1.29 is 5.11 Å². The molecule has 0 spiro atoms. The third-order valence-electron chi connectivity index (χ3n) is 8.35. The molecule has 1 nitrogen and oxygen atoms in total. The van der Waals surface area contributed by atoms with Crippen LogP contribution in [0.15, 0.2) is 35.5 Å². The van der Waals surface area contributed by atoms with Crippen LogP contribution in [0.5, 0.6) is 0 Å². The van der Waals surface area contributed by atoms with Crippen LogP contribution in [-0.2, 0) is 0 Å². The molecular formula is C27H44O. The van der Waals surface area contributed by atoms with Crippen molar-refractivity contribution in [2.45, 2.75) is 104 Å². The molecule has 0 aliphatic heterocycles. The highest BCUT2D eigenvalue weighted by Crippen LogP contribution is 2.59. The predicted octanol–water partition coefficient (Wildman–Crippen LogP) is 7.62. The summed E-state index contributed by atoms with van der Waals surface area (Å²) in [5.74, 6) is 3.37. The van der Waals surface area contributed by atoms with E-state index in [-0.39, 0.29) is 6.10 Å². The molecule has 0 saturated heterocycles. The Balaban J connectivity index is 1.70. The molecule has 0 radical (unpaired) electrons. The molecule has 0 heterocycles. The molecule has 1 N–H and O–H groups in total. The molecule has 28 heavy (non-hydrogen) atoms. The first-order valence-electron chi connectivity index (χ1n) is 12.1. The molecular weight excluding hydrogens is 342 g/mol. The van der Waals surface area contributed by atoms with Gasteiger partial charge in [0.25, 0.3) is 0 Å². The first-order chi connectivity index (χ1) is 13.3. The Morgan fingerprint density at radius 2 is 1.89 bits per heavy atom. The van der Waals surface area contributed by atoms with Gasteiger partial charge in [-0.3, -0.25) is 0 Å². The number of fused-ring (bicyclic) bond motifs is 1. The van der Waals surface area contributed by atoms with Crippen LogP contribution in [0.25, 0.3) is 0 Å². The number of aliphatic hydroxyl groups excluding tert-OH is 1. The molecule has 0 aromatic rings. The quantitative estimate of drug-likeness (QED) is 0.465. The maximum Gasteiger partial charge on any atom is 0.0583 e. The van der Waals surface area contributed by atoms with Gasteiger partial charge in [-0.2, -0.15) is 0 Å². The van der Waals surface area contributed by atoms with Gasteiger partial charge in [-0.1, -0.05) is 76.8 Å². The highest BCUT2D eigenvalue weighted by molar-refractivity contribution is 5.36. The van der Waals surface area contributed by atoms with Crippen molar-refractivity contribution in [2.75, 3.05) is 0 Å². The second-order valence-corrected chi connectivity index (χ2v) is 10.8. The second-order valence-electron chi connectivity index (χ2n) is 10.8. The van der Waals surface area contributed by atoms with E-state index >= 15 is 0 Å². The van der Waals surface area contributed by atoms with Crippen LogP contribution in [-0.4, -0.2) is 11.2 Å². The highest BCUT2D eigenvalue weighted by Gasteiger charge is 2.50. The number of hydrogen-bond acceptors (Lipinski definition) is 1. The minimum absolute atomic E-state index is 0.172. The minimum Gasteiger partial charge on any atom is -0.393 e. The molecule has 0 amide bonds. The van der Waals surface area contributed by atoms with Gasteiger partial charge < -0.3 is 5.11 Å². The fourth-order valence-electron chi connectivity index (χ4n) is 6.66. The zero-order chi connectivity index (χ0) is 20.3. The molecule has 3 rings (SSSR count). The van der Waals surface area contributed by atoms with Gasteiger partial charge in [0.15, 0.2) is 0 Å². The number of rotatable bonds is 6. The lowest BCUT2D eigenvalue weighted by Gasteiger charge is -2.44. The Hall–Kier alpha value is -0.820. The molecule has 0 bridgehead atoms. The smallest absolute Gasteiger partial charge is 0.0583 e. The lowest BCUT2D eigenvalue weighted by Crippen LogP contribution is -2.36.